The topological polar surface area (TPSA) is 75.4 Å². The fourth-order valence-corrected chi connectivity index (χ4v) is 2.99. The first-order chi connectivity index (χ1) is 12.4. The Morgan fingerprint density at radius 2 is 1.73 bits per heavy atom. The van der Waals surface area contributed by atoms with E-state index in [1.54, 1.807) is 32.3 Å². The maximum atomic E-state index is 11.8. The first-order valence-corrected chi connectivity index (χ1v) is 8.51. The number of aromatic hydroxyl groups is 2. The molecule has 0 radical (unpaired) electrons. The van der Waals surface area contributed by atoms with Gasteiger partial charge in [-0.3, -0.25) is 4.79 Å². The highest BCUT2D eigenvalue weighted by molar-refractivity contribution is 5.78. The van der Waals surface area contributed by atoms with Gasteiger partial charge >= 0.3 is 0 Å². The SMILES string of the molecule is CC(=O)Cc1c(Cc2ccccc2)ncn1Cc1cc(O)c(C)c(O)c1. The maximum absolute atomic E-state index is 11.8. The summed E-state index contributed by atoms with van der Waals surface area (Å²) in [5.74, 6) is 0.172. The van der Waals surface area contributed by atoms with E-state index in [1.165, 1.54) is 0 Å². The van der Waals surface area contributed by atoms with Crippen LogP contribution in [0.15, 0.2) is 48.8 Å². The van der Waals surface area contributed by atoms with Crippen molar-refractivity contribution in [2.75, 3.05) is 0 Å². The Kier molecular flexibility index (Phi) is 5.07. The van der Waals surface area contributed by atoms with Gasteiger partial charge in [0, 0.05) is 30.6 Å². The van der Waals surface area contributed by atoms with Gasteiger partial charge < -0.3 is 14.8 Å². The molecule has 0 aliphatic rings. The molecule has 0 aliphatic heterocycles. The van der Waals surface area contributed by atoms with E-state index < -0.39 is 0 Å². The fraction of sp³-hybridized carbons (Fsp3) is 0.238. The van der Waals surface area contributed by atoms with Gasteiger partial charge in [0.15, 0.2) is 0 Å². The minimum atomic E-state index is 0.0535. The molecule has 3 aromatic rings. The van der Waals surface area contributed by atoms with Gasteiger partial charge in [-0.25, -0.2) is 4.98 Å². The predicted molar refractivity (Wildman–Crippen MR) is 99.5 cm³/mol. The van der Waals surface area contributed by atoms with Crippen molar-refractivity contribution in [3.63, 3.8) is 0 Å². The number of ketones is 1. The number of hydrogen-bond acceptors (Lipinski definition) is 4. The zero-order valence-corrected chi connectivity index (χ0v) is 14.9. The Morgan fingerprint density at radius 3 is 2.35 bits per heavy atom. The van der Waals surface area contributed by atoms with E-state index in [2.05, 4.69) is 4.98 Å². The van der Waals surface area contributed by atoms with Gasteiger partial charge in [-0.2, -0.15) is 0 Å². The van der Waals surface area contributed by atoms with Gasteiger partial charge in [0.2, 0.25) is 0 Å². The zero-order valence-electron chi connectivity index (χ0n) is 14.9. The lowest BCUT2D eigenvalue weighted by Crippen LogP contribution is -2.09. The van der Waals surface area contributed by atoms with Gasteiger partial charge in [-0.05, 0) is 37.1 Å². The largest absolute Gasteiger partial charge is 0.508 e. The van der Waals surface area contributed by atoms with Crippen LogP contribution in [-0.4, -0.2) is 25.5 Å². The summed E-state index contributed by atoms with van der Waals surface area (Å²) < 4.78 is 1.91. The average Bonchev–Trinajstić information content (AvgIpc) is 2.95. The Morgan fingerprint density at radius 1 is 1.08 bits per heavy atom. The molecule has 0 unspecified atom stereocenters. The van der Waals surface area contributed by atoms with Gasteiger partial charge in [-0.1, -0.05) is 30.3 Å². The van der Waals surface area contributed by atoms with Gasteiger partial charge in [0.05, 0.1) is 12.0 Å². The predicted octanol–water partition coefficient (Wildman–Crippen LogP) is 3.37. The first-order valence-electron chi connectivity index (χ1n) is 8.51. The van der Waals surface area contributed by atoms with E-state index >= 15 is 0 Å². The van der Waals surface area contributed by atoms with E-state index in [0.717, 1.165) is 22.5 Å². The maximum Gasteiger partial charge on any atom is 0.135 e. The van der Waals surface area contributed by atoms with Crippen molar-refractivity contribution in [3.8, 4) is 11.5 Å². The number of phenols is 2. The second-order valence-electron chi connectivity index (χ2n) is 6.57. The summed E-state index contributed by atoms with van der Waals surface area (Å²) in [4.78, 5) is 16.3. The third-order valence-electron chi connectivity index (χ3n) is 4.43. The number of Topliss-reactive ketones (excluding diaryl/α,β-unsaturated/α-hetero) is 1. The number of aromatic nitrogens is 2. The van der Waals surface area contributed by atoms with Crippen LogP contribution >= 0.6 is 0 Å². The molecule has 0 fully saturated rings. The minimum absolute atomic E-state index is 0.0535. The monoisotopic (exact) mass is 350 g/mol. The van der Waals surface area contributed by atoms with Crippen molar-refractivity contribution in [2.45, 2.75) is 33.2 Å². The fourth-order valence-electron chi connectivity index (χ4n) is 2.99. The summed E-state index contributed by atoms with van der Waals surface area (Å²) in [5, 5.41) is 19.9. The lowest BCUT2D eigenvalue weighted by molar-refractivity contribution is -0.116. The number of carbonyl (C=O) groups is 1. The number of phenolic OH excluding ortho intramolecular Hbond substituents is 2. The molecule has 1 aromatic heterocycles. The number of carbonyl (C=O) groups excluding carboxylic acids is 1. The number of benzene rings is 2. The molecule has 5 nitrogen and oxygen atoms in total. The summed E-state index contributed by atoms with van der Waals surface area (Å²) in [7, 11) is 0. The molecular formula is C21H22N2O3. The second kappa shape index (κ2) is 7.44. The number of rotatable bonds is 6. The quantitative estimate of drug-likeness (QED) is 0.715. The highest BCUT2D eigenvalue weighted by atomic mass is 16.3. The van der Waals surface area contributed by atoms with Crippen molar-refractivity contribution in [1.29, 1.82) is 0 Å². The minimum Gasteiger partial charge on any atom is -0.508 e. The van der Waals surface area contributed by atoms with Crippen LogP contribution in [0.2, 0.25) is 0 Å². The zero-order chi connectivity index (χ0) is 18.7. The molecule has 26 heavy (non-hydrogen) atoms. The summed E-state index contributed by atoms with van der Waals surface area (Å²) in [5.41, 5.74) is 4.06. The van der Waals surface area contributed by atoms with Crippen LogP contribution in [0.25, 0.3) is 0 Å². The summed E-state index contributed by atoms with van der Waals surface area (Å²) in [6, 6.07) is 13.3. The molecule has 134 valence electrons. The van der Waals surface area contributed by atoms with Gasteiger partial charge in [-0.15, -0.1) is 0 Å². The van der Waals surface area contributed by atoms with Crippen molar-refractivity contribution in [3.05, 3.63) is 76.9 Å². The Bertz CT molecular complexity index is 907. The molecule has 0 amide bonds. The van der Waals surface area contributed by atoms with Crippen LogP contribution < -0.4 is 0 Å². The average molecular weight is 350 g/mol. The van der Waals surface area contributed by atoms with Crippen LogP contribution in [0.4, 0.5) is 0 Å². The summed E-state index contributed by atoms with van der Waals surface area (Å²) >= 11 is 0. The lowest BCUT2D eigenvalue weighted by atomic mass is 10.1. The van der Waals surface area contributed by atoms with Crippen molar-refractivity contribution in [1.82, 2.24) is 9.55 Å². The van der Waals surface area contributed by atoms with Crippen LogP contribution in [0.3, 0.4) is 0 Å². The van der Waals surface area contributed by atoms with E-state index in [-0.39, 0.29) is 17.3 Å². The molecular weight excluding hydrogens is 328 g/mol. The Balaban J connectivity index is 1.93. The molecule has 0 bridgehead atoms. The molecule has 0 atom stereocenters. The Labute approximate surface area is 152 Å². The molecule has 0 saturated carbocycles. The molecule has 2 aromatic carbocycles. The number of imidazole rings is 1. The van der Waals surface area contributed by atoms with Gasteiger partial charge in [0.25, 0.3) is 0 Å². The molecule has 2 N–H and O–H groups in total. The number of hydrogen-bond donors (Lipinski definition) is 2. The van der Waals surface area contributed by atoms with E-state index in [9.17, 15) is 15.0 Å². The molecule has 1 heterocycles. The van der Waals surface area contributed by atoms with Crippen molar-refractivity contribution >= 4 is 5.78 Å². The molecule has 3 rings (SSSR count). The molecule has 0 spiro atoms. The van der Waals surface area contributed by atoms with Crippen molar-refractivity contribution in [2.24, 2.45) is 0 Å². The van der Waals surface area contributed by atoms with Crippen LogP contribution in [-0.2, 0) is 24.2 Å². The number of nitrogens with zero attached hydrogens (tertiary/aromatic N) is 2. The smallest absolute Gasteiger partial charge is 0.135 e. The van der Waals surface area contributed by atoms with Crippen LogP contribution in [0.5, 0.6) is 11.5 Å². The van der Waals surface area contributed by atoms with Crippen LogP contribution in [0, 0.1) is 6.92 Å². The second-order valence-corrected chi connectivity index (χ2v) is 6.57. The third-order valence-corrected chi connectivity index (χ3v) is 4.43. The molecule has 0 saturated heterocycles. The Hall–Kier alpha value is -3.08. The van der Waals surface area contributed by atoms with E-state index in [4.69, 9.17) is 0 Å². The first kappa shape index (κ1) is 17.7. The standard InChI is InChI=1S/C21H22N2O3/c1-14(24)8-19-18(9-16-6-4-3-5-7-16)22-13-23(19)12-17-10-20(25)15(2)21(26)11-17/h3-7,10-11,13,25-26H,8-9,12H2,1-2H3. The van der Waals surface area contributed by atoms with E-state index in [1.807, 2.05) is 34.9 Å². The summed E-state index contributed by atoms with van der Waals surface area (Å²) in [6.45, 7) is 3.64. The van der Waals surface area contributed by atoms with Crippen LogP contribution in [0.1, 0.15) is 35.0 Å². The van der Waals surface area contributed by atoms with Crippen molar-refractivity contribution < 1.29 is 15.0 Å². The van der Waals surface area contributed by atoms with E-state index in [0.29, 0.717) is 24.9 Å². The highest BCUT2D eigenvalue weighted by Crippen LogP contribution is 2.28. The molecule has 5 heteroatoms. The normalized spacial score (nSPS) is 10.8. The van der Waals surface area contributed by atoms with Gasteiger partial charge in [0.1, 0.15) is 17.3 Å². The highest BCUT2D eigenvalue weighted by Gasteiger charge is 2.15. The summed E-state index contributed by atoms with van der Waals surface area (Å²) in [6.07, 6.45) is 2.66. The lowest BCUT2D eigenvalue weighted by Gasteiger charge is -2.11. The third kappa shape index (κ3) is 3.94. The molecule has 0 aliphatic carbocycles.